The Bertz CT molecular complexity index is 802. The van der Waals surface area contributed by atoms with E-state index in [1.807, 2.05) is 30.3 Å². The maximum atomic E-state index is 12.4. The number of Topliss-reactive ketones (excluding diaryl/α,β-unsaturated/α-hetero) is 2. The van der Waals surface area contributed by atoms with Gasteiger partial charge in [-0.05, 0) is 55.7 Å². The predicted molar refractivity (Wildman–Crippen MR) is 142 cm³/mol. The number of allylic oxidation sites excluding steroid dienone is 1. The Morgan fingerprint density at radius 1 is 1.14 bits per heavy atom. The zero-order valence-electron chi connectivity index (χ0n) is 22.3. The first-order valence-corrected chi connectivity index (χ1v) is 13.7. The number of ketones is 2. The lowest BCUT2D eigenvalue weighted by Crippen LogP contribution is -2.32. The SMILES string of the molecule is CCCCC(O)(CO)CC=C[C@H]1CCC(=O)[C@@H]1CCCCCCC(=O)COCc1ccc(OC)cc1. The first-order chi connectivity index (χ1) is 17.4. The number of unbranched alkanes of at least 4 members (excludes halogenated alkanes) is 4. The number of carbonyl (C=O) groups is 2. The minimum Gasteiger partial charge on any atom is -0.497 e. The maximum absolute atomic E-state index is 12.4. The highest BCUT2D eigenvalue weighted by Gasteiger charge is 2.32. The molecule has 0 aliphatic heterocycles. The molecule has 1 aliphatic rings. The fraction of sp³-hybridized carbons (Fsp3) is 0.667. The van der Waals surface area contributed by atoms with Crippen molar-refractivity contribution >= 4 is 11.6 Å². The lowest BCUT2D eigenvalue weighted by atomic mass is 9.88. The van der Waals surface area contributed by atoms with E-state index in [4.69, 9.17) is 9.47 Å². The topological polar surface area (TPSA) is 93.1 Å². The highest BCUT2D eigenvalue weighted by molar-refractivity contribution is 5.83. The first kappa shape index (κ1) is 30.2. The number of carbonyl (C=O) groups excluding carboxylic acids is 2. The molecule has 1 aromatic rings. The summed E-state index contributed by atoms with van der Waals surface area (Å²) in [6, 6.07) is 7.62. The van der Waals surface area contributed by atoms with Gasteiger partial charge in [-0.3, -0.25) is 9.59 Å². The van der Waals surface area contributed by atoms with E-state index < -0.39 is 5.60 Å². The van der Waals surface area contributed by atoms with Crippen molar-refractivity contribution < 1.29 is 29.3 Å². The predicted octanol–water partition coefficient (Wildman–Crippen LogP) is 5.58. The van der Waals surface area contributed by atoms with Crippen LogP contribution in [-0.4, -0.2) is 47.7 Å². The minimum atomic E-state index is -1.05. The summed E-state index contributed by atoms with van der Waals surface area (Å²) in [7, 11) is 1.63. The molecule has 0 saturated heterocycles. The number of methoxy groups -OCH3 is 1. The first-order valence-electron chi connectivity index (χ1n) is 13.7. The van der Waals surface area contributed by atoms with E-state index in [2.05, 4.69) is 13.0 Å². The molecule has 0 radical (unpaired) electrons. The summed E-state index contributed by atoms with van der Waals surface area (Å²) >= 11 is 0. The van der Waals surface area contributed by atoms with E-state index in [0.717, 1.165) is 62.7 Å². The van der Waals surface area contributed by atoms with Crippen molar-refractivity contribution in [2.75, 3.05) is 20.3 Å². The molecular weight excluding hydrogens is 456 g/mol. The summed E-state index contributed by atoms with van der Waals surface area (Å²) in [5.74, 6) is 1.56. The molecule has 0 spiro atoms. The summed E-state index contributed by atoms with van der Waals surface area (Å²) in [6.45, 7) is 2.39. The van der Waals surface area contributed by atoms with Crippen LogP contribution in [0, 0.1) is 11.8 Å². The number of rotatable bonds is 19. The van der Waals surface area contributed by atoms with Gasteiger partial charge in [0.15, 0.2) is 5.78 Å². The van der Waals surface area contributed by atoms with E-state index in [1.54, 1.807) is 7.11 Å². The summed E-state index contributed by atoms with van der Waals surface area (Å²) in [4.78, 5) is 24.5. The van der Waals surface area contributed by atoms with Gasteiger partial charge in [-0.15, -0.1) is 0 Å². The molecule has 1 unspecified atom stereocenters. The van der Waals surface area contributed by atoms with Gasteiger partial charge in [-0.1, -0.05) is 63.3 Å². The average molecular weight is 503 g/mol. The van der Waals surface area contributed by atoms with Crippen LogP contribution in [0.15, 0.2) is 36.4 Å². The second-order valence-electron chi connectivity index (χ2n) is 10.2. The summed E-state index contributed by atoms with van der Waals surface area (Å²) in [6.07, 6.45) is 13.7. The van der Waals surface area contributed by atoms with Crippen LogP contribution in [0.2, 0.25) is 0 Å². The molecule has 1 aromatic carbocycles. The Hall–Kier alpha value is -2.02. The lowest BCUT2D eigenvalue weighted by molar-refractivity contribution is -0.124. The molecule has 3 atom stereocenters. The number of benzene rings is 1. The van der Waals surface area contributed by atoms with E-state index >= 15 is 0 Å². The quantitative estimate of drug-likeness (QED) is 0.190. The van der Waals surface area contributed by atoms with Crippen molar-refractivity contribution in [3.8, 4) is 5.75 Å². The number of aliphatic hydroxyl groups excluding tert-OH is 1. The third kappa shape index (κ3) is 10.9. The normalized spacial score (nSPS) is 19.6. The van der Waals surface area contributed by atoms with Crippen LogP contribution < -0.4 is 4.74 Å². The molecule has 0 aromatic heterocycles. The van der Waals surface area contributed by atoms with E-state index in [9.17, 15) is 19.8 Å². The van der Waals surface area contributed by atoms with Gasteiger partial charge in [-0.25, -0.2) is 0 Å². The fourth-order valence-electron chi connectivity index (χ4n) is 4.87. The highest BCUT2D eigenvalue weighted by atomic mass is 16.5. The summed E-state index contributed by atoms with van der Waals surface area (Å²) < 4.78 is 10.7. The molecule has 1 fully saturated rings. The van der Waals surface area contributed by atoms with Crippen molar-refractivity contribution in [1.29, 1.82) is 0 Å². The van der Waals surface area contributed by atoms with Crippen molar-refractivity contribution in [1.82, 2.24) is 0 Å². The van der Waals surface area contributed by atoms with Gasteiger partial charge >= 0.3 is 0 Å². The van der Waals surface area contributed by atoms with Gasteiger partial charge in [0, 0.05) is 18.8 Å². The maximum Gasteiger partial charge on any atom is 0.158 e. The van der Waals surface area contributed by atoms with E-state index in [0.29, 0.717) is 38.1 Å². The van der Waals surface area contributed by atoms with Gasteiger partial charge in [0.05, 0.1) is 25.9 Å². The molecule has 1 saturated carbocycles. The molecule has 1 aliphatic carbocycles. The number of ether oxygens (including phenoxy) is 2. The second kappa shape index (κ2) is 16.7. The molecule has 6 heteroatoms. The van der Waals surface area contributed by atoms with Crippen LogP contribution in [0.3, 0.4) is 0 Å². The van der Waals surface area contributed by atoms with Crippen molar-refractivity contribution in [2.45, 2.75) is 96.2 Å². The van der Waals surface area contributed by atoms with Crippen LogP contribution in [0.1, 0.15) is 89.5 Å². The fourth-order valence-corrected chi connectivity index (χ4v) is 4.87. The van der Waals surface area contributed by atoms with Gasteiger partial charge in [0.25, 0.3) is 0 Å². The Labute approximate surface area is 217 Å². The summed E-state index contributed by atoms with van der Waals surface area (Å²) in [5.41, 5.74) is -0.0400. The van der Waals surface area contributed by atoms with Crippen molar-refractivity contribution in [3.63, 3.8) is 0 Å². The lowest BCUT2D eigenvalue weighted by Gasteiger charge is -2.24. The van der Waals surface area contributed by atoms with Gasteiger partial charge in [0.1, 0.15) is 18.1 Å². The zero-order chi connectivity index (χ0) is 26.2. The number of hydrogen-bond donors (Lipinski definition) is 2. The van der Waals surface area contributed by atoms with Crippen LogP contribution in [0.4, 0.5) is 0 Å². The van der Waals surface area contributed by atoms with Crippen LogP contribution >= 0.6 is 0 Å². The smallest absolute Gasteiger partial charge is 0.158 e. The van der Waals surface area contributed by atoms with Crippen LogP contribution in [0.5, 0.6) is 5.75 Å². The molecule has 36 heavy (non-hydrogen) atoms. The van der Waals surface area contributed by atoms with Crippen molar-refractivity contribution in [2.24, 2.45) is 11.8 Å². The number of hydrogen-bond acceptors (Lipinski definition) is 6. The molecule has 0 heterocycles. The molecule has 6 nitrogen and oxygen atoms in total. The summed E-state index contributed by atoms with van der Waals surface area (Å²) in [5, 5.41) is 20.1. The monoisotopic (exact) mass is 502 g/mol. The Kier molecular flexibility index (Phi) is 14.0. The average Bonchev–Trinajstić information content (AvgIpc) is 3.24. The largest absolute Gasteiger partial charge is 0.497 e. The molecule has 0 amide bonds. The molecule has 2 N–H and O–H groups in total. The third-order valence-corrected chi connectivity index (χ3v) is 7.24. The highest BCUT2D eigenvalue weighted by Crippen LogP contribution is 2.34. The van der Waals surface area contributed by atoms with E-state index in [-0.39, 0.29) is 30.8 Å². The Morgan fingerprint density at radius 3 is 2.58 bits per heavy atom. The molecule has 202 valence electrons. The molecule has 2 rings (SSSR count). The van der Waals surface area contributed by atoms with Crippen LogP contribution in [-0.2, 0) is 20.9 Å². The van der Waals surface area contributed by atoms with Gasteiger partial charge < -0.3 is 19.7 Å². The van der Waals surface area contributed by atoms with Gasteiger partial charge in [-0.2, -0.15) is 0 Å². The third-order valence-electron chi connectivity index (χ3n) is 7.24. The number of aliphatic hydroxyl groups is 2. The minimum absolute atomic E-state index is 0.0621. The second-order valence-corrected chi connectivity index (χ2v) is 10.2. The Morgan fingerprint density at radius 2 is 1.89 bits per heavy atom. The molecular formula is C30H46O6. The van der Waals surface area contributed by atoms with E-state index in [1.165, 1.54) is 0 Å². The van der Waals surface area contributed by atoms with Crippen molar-refractivity contribution in [3.05, 3.63) is 42.0 Å². The Balaban J connectivity index is 1.59. The van der Waals surface area contributed by atoms with Gasteiger partial charge in [0.2, 0.25) is 0 Å². The molecule has 0 bridgehead atoms. The van der Waals surface area contributed by atoms with Crippen LogP contribution in [0.25, 0.3) is 0 Å². The zero-order valence-corrected chi connectivity index (χ0v) is 22.3. The standard InChI is InChI=1S/C30H46O6/c1-3-4-19-30(34,23-31)20-9-10-25-15-18-29(33)28(25)12-8-6-5-7-11-26(32)22-36-21-24-13-16-27(35-2)17-14-24/h9-10,13-14,16-17,25,28,31,34H,3-8,11-12,15,18-23H2,1-2H3/t25-,28+,30?/m0/s1.